The molecule has 0 amide bonds. The number of aliphatic hydroxyl groups is 1. The highest BCUT2D eigenvalue weighted by atomic mass is 16.4. The van der Waals surface area contributed by atoms with Gasteiger partial charge >= 0.3 is 5.97 Å². The molecule has 3 atom stereocenters. The number of carboxylic acids is 1. The van der Waals surface area contributed by atoms with Gasteiger partial charge in [0, 0.05) is 18.3 Å². The average Bonchev–Trinajstić information content (AvgIpc) is 3.01. The van der Waals surface area contributed by atoms with Crippen molar-refractivity contribution in [1.29, 1.82) is 0 Å². The average molecular weight is 368 g/mol. The first-order chi connectivity index (χ1) is 13.1. The number of ketones is 1. The molecule has 0 heterocycles. The molecule has 1 aliphatic carbocycles. The van der Waals surface area contributed by atoms with E-state index < -0.39 is 12.1 Å². The molecule has 0 fully saturated rings. The summed E-state index contributed by atoms with van der Waals surface area (Å²) < 4.78 is 0. The van der Waals surface area contributed by atoms with Gasteiger partial charge in [-0.1, -0.05) is 60.7 Å². The van der Waals surface area contributed by atoms with Crippen LogP contribution in [0.4, 0.5) is 0 Å². The van der Waals surface area contributed by atoms with Crippen molar-refractivity contribution in [3.63, 3.8) is 0 Å². The maximum atomic E-state index is 12.1. The normalized spacial score (nSPS) is 20.7. The molecular formula is C23H28O4. The monoisotopic (exact) mass is 368 g/mol. The summed E-state index contributed by atoms with van der Waals surface area (Å²) in [5.74, 6) is -0.793. The summed E-state index contributed by atoms with van der Waals surface area (Å²) in [6, 6.07) is 10.1. The van der Waals surface area contributed by atoms with Crippen molar-refractivity contribution in [2.45, 2.75) is 44.6 Å². The highest BCUT2D eigenvalue weighted by Crippen LogP contribution is 2.27. The zero-order valence-corrected chi connectivity index (χ0v) is 15.5. The number of benzene rings is 1. The van der Waals surface area contributed by atoms with Gasteiger partial charge in [0.05, 0.1) is 6.10 Å². The molecule has 0 aromatic heterocycles. The molecule has 2 rings (SSSR count). The number of aliphatic hydroxyl groups excluding tert-OH is 1. The lowest BCUT2D eigenvalue weighted by molar-refractivity contribution is -0.137. The second-order valence-corrected chi connectivity index (χ2v) is 6.91. The summed E-state index contributed by atoms with van der Waals surface area (Å²) in [6.45, 7) is 0. The maximum Gasteiger partial charge on any atom is 0.303 e. The smallest absolute Gasteiger partial charge is 0.303 e. The van der Waals surface area contributed by atoms with Crippen LogP contribution in [-0.2, 0) is 16.0 Å². The van der Waals surface area contributed by atoms with E-state index in [2.05, 4.69) is 0 Å². The zero-order chi connectivity index (χ0) is 19.5. The van der Waals surface area contributed by atoms with E-state index in [1.165, 1.54) is 5.56 Å². The van der Waals surface area contributed by atoms with E-state index in [1.54, 1.807) is 12.2 Å². The summed E-state index contributed by atoms with van der Waals surface area (Å²) >= 11 is 0. The van der Waals surface area contributed by atoms with Gasteiger partial charge in [0.25, 0.3) is 0 Å². The highest BCUT2D eigenvalue weighted by molar-refractivity contribution is 5.95. The SMILES string of the molecule is O=C(O)CCC/C=C/C[C@H]1C(=O)C=C[C@@H]1/C=C/[C@@H](O)CCc1ccccc1. The predicted octanol–water partition coefficient (Wildman–Crippen LogP) is 4.11. The van der Waals surface area contributed by atoms with E-state index in [9.17, 15) is 14.7 Å². The number of hydrogen-bond donors (Lipinski definition) is 2. The lowest BCUT2D eigenvalue weighted by Crippen LogP contribution is -2.14. The summed E-state index contributed by atoms with van der Waals surface area (Å²) in [7, 11) is 0. The first-order valence-corrected chi connectivity index (χ1v) is 9.55. The quantitative estimate of drug-likeness (QED) is 0.455. The number of aryl methyl sites for hydroxylation is 1. The van der Waals surface area contributed by atoms with Gasteiger partial charge in [-0.05, 0) is 43.7 Å². The standard InChI is InChI=1S/C23H28O4/c24-20(15-12-18-8-4-3-5-9-18)16-13-19-14-17-22(25)21(19)10-6-1-2-7-11-23(26)27/h1,3-6,8-9,13-14,16-17,19-21,24H,2,7,10-12,15H2,(H,26,27)/b6-1+,16-13+/t19-,20-,21+/m0/s1. The molecule has 0 saturated heterocycles. The third-order valence-corrected chi connectivity index (χ3v) is 4.76. The van der Waals surface area contributed by atoms with Crippen LogP contribution >= 0.6 is 0 Å². The Morgan fingerprint density at radius 3 is 2.70 bits per heavy atom. The van der Waals surface area contributed by atoms with Crippen LogP contribution in [0.15, 0.2) is 66.8 Å². The van der Waals surface area contributed by atoms with Crippen LogP contribution < -0.4 is 0 Å². The van der Waals surface area contributed by atoms with Gasteiger partial charge in [-0.15, -0.1) is 0 Å². The molecule has 144 valence electrons. The number of carboxylic acid groups (broad SMARTS) is 1. The lowest BCUT2D eigenvalue weighted by atomic mass is 9.90. The molecule has 4 heteroatoms. The second-order valence-electron chi connectivity index (χ2n) is 6.91. The van der Waals surface area contributed by atoms with E-state index in [0.717, 1.165) is 6.42 Å². The van der Waals surface area contributed by atoms with Crippen LogP contribution in [0.2, 0.25) is 0 Å². The topological polar surface area (TPSA) is 74.6 Å². The minimum atomic E-state index is -0.783. The Labute approximate surface area is 160 Å². The zero-order valence-electron chi connectivity index (χ0n) is 15.5. The van der Waals surface area contributed by atoms with Gasteiger partial charge in [0.15, 0.2) is 5.78 Å². The van der Waals surface area contributed by atoms with Crippen molar-refractivity contribution in [3.05, 3.63) is 72.4 Å². The molecule has 27 heavy (non-hydrogen) atoms. The Balaban J connectivity index is 1.76. The molecule has 4 nitrogen and oxygen atoms in total. The van der Waals surface area contributed by atoms with Crippen LogP contribution in [0, 0.1) is 11.8 Å². The van der Waals surface area contributed by atoms with E-state index in [1.807, 2.05) is 54.6 Å². The van der Waals surface area contributed by atoms with Crippen molar-refractivity contribution < 1.29 is 19.8 Å². The summed E-state index contributed by atoms with van der Waals surface area (Å²) in [4.78, 5) is 22.5. The number of rotatable bonds is 11. The van der Waals surface area contributed by atoms with Crippen molar-refractivity contribution in [2.24, 2.45) is 11.8 Å². The van der Waals surface area contributed by atoms with Crippen LogP contribution in [0.25, 0.3) is 0 Å². The fraction of sp³-hybridized carbons (Fsp3) is 0.391. The first kappa shape index (κ1) is 20.8. The van der Waals surface area contributed by atoms with Crippen LogP contribution in [-0.4, -0.2) is 28.1 Å². The Hall–Kier alpha value is -2.46. The number of aliphatic carboxylic acids is 1. The molecule has 0 saturated carbocycles. The van der Waals surface area contributed by atoms with Gasteiger partial charge in [0.1, 0.15) is 0 Å². The fourth-order valence-corrected chi connectivity index (χ4v) is 3.17. The summed E-state index contributed by atoms with van der Waals surface area (Å²) in [5.41, 5.74) is 1.20. The Kier molecular flexibility index (Phi) is 8.72. The molecule has 0 unspecified atom stereocenters. The van der Waals surface area contributed by atoms with E-state index in [0.29, 0.717) is 25.7 Å². The summed E-state index contributed by atoms with van der Waals surface area (Å²) in [5, 5.41) is 18.8. The number of allylic oxidation sites excluding steroid dienone is 5. The van der Waals surface area contributed by atoms with Gasteiger partial charge in [-0.2, -0.15) is 0 Å². The molecule has 1 aliphatic rings. The molecule has 0 aliphatic heterocycles. The number of unbranched alkanes of at least 4 members (excludes halogenated alkanes) is 1. The largest absolute Gasteiger partial charge is 0.481 e. The third kappa shape index (κ3) is 7.75. The maximum absolute atomic E-state index is 12.1. The number of carbonyl (C=O) groups is 2. The number of carbonyl (C=O) groups excluding carboxylic acids is 1. The minimum Gasteiger partial charge on any atom is -0.481 e. The molecule has 1 aromatic rings. The molecule has 0 radical (unpaired) electrons. The Bertz CT molecular complexity index is 688. The second kappa shape index (κ2) is 11.3. The molecule has 2 N–H and O–H groups in total. The van der Waals surface area contributed by atoms with E-state index in [4.69, 9.17) is 5.11 Å². The highest BCUT2D eigenvalue weighted by Gasteiger charge is 2.27. The minimum absolute atomic E-state index is 0.00699. The van der Waals surface area contributed by atoms with Gasteiger partial charge in [-0.25, -0.2) is 0 Å². The van der Waals surface area contributed by atoms with Gasteiger partial charge in [-0.3, -0.25) is 9.59 Å². The Morgan fingerprint density at radius 1 is 1.19 bits per heavy atom. The van der Waals surface area contributed by atoms with Crippen molar-refractivity contribution in [3.8, 4) is 0 Å². The molecule has 0 bridgehead atoms. The molecule has 0 spiro atoms. The Morgan fingerprint density at radius 2 is 1.96 bits per heavy atom. The molecular weight excluding hydrogens is 340 g/mol. The van der Waals surface area contributed by atoms with Crippen molar-refractivity contribution in [2.75, 3.05) is 0 Å². The van der Waals surface area contributed by atoms with Gasteiger partial charge in [0.2, 0.25) is 0 Å². The number of hydrogen-bond acceptors (Lipinski definition) is 3. The van der Waals surface area contributed by atoms with Gasteiger partial charge < -0.3 is 10.2 Å². The fourth-order valence-electron chi connectivity index (χ4n) is 3.17. The van der Waals surface area contributed by atoms with Crippen molar-refractivity contribution >= 4 is 11.8 Å². The van der Waals surface area contributed by atoms with Crippen LogP contribution in [0.5, 0.6) is 0 Å². The van der Waals surface area contributed by atoms with Crippen molar-refractivity contribution in [1.82, 2.24) is 0 Å². The molecule has 1 aromatic carbocycles. The van der Waals surface area contributed by atoms with Crippen LogP contribution in [0.3, 0.4) is 0 Å². The predicted molar refractivity (Wildman–Crippen MR) is 106 cm³/mol. The van der Waals surface area contributed by atoms with E-state index >= 15 is 0 Å². The summed E-state index contributed by atoms with van der Waals surface area (Å²) in [6.07, 6.45) is 14.2. The third-order valence-electron chi connectivity index (χ3n) is 4.76. The lowest BCUT2D eigenvalue weighted by Gasteiger charge is -2.13. The van der Waals surface area contributed by atoms with E-state index in [-0.39, 0.29) is 24.0 Å². The van der Waals surface area contributed by atoms with Crippen LogP contribution in [0.1, 0.15) is 37.7 Å². The first-order valence-electron chi connectivity index (χ1n) is 9.55.